The van der Waals surface area contributed by atoms with E-state index in [1.54, 1.807) is 0 Å². The van der Waals surface area contributed by atoms with Gasteiger partial charge < -0.3 is 0 Å². The molecule has 0 spiro atoms. The first-order chi connectivity index (χ1) is 5.83. The van der Waals surface area contributed by atoms with E-state index in [9.17, 15) is 9.59 Å². The van der Waals surface area contributed by atoms with Crippen molar-refractivity contribution in [1.29, 1.82) is 0 Å². The third-order valence-electron chi connectivity index (χ3n) is 2.01. The maximum Gasteiger partial charge on any atom is 0.237 e. The molecule has 1 aliphatic carbocycles. The number of hydrogen-bond donors (Lipinski definition) is 0. The van der Waals surface area contributed by atoms with Crippen molar-refractivity contribution in [3.05, 3.63) is 6.42 Å². The highest BCUT2D eigenvalue weighted by Gasteiger charge is 2.31. The molecule has 4 heteroatoms. The first-order valence-corrected chi connectivity index (χ1v) is 3.83. The highest BCUT2D eigenvalue weighted by atomic mass is 16.1. The highest BCUT2D eigenvalue weighted by Crippen LogP contribution is 2.31. The number of hydrogen-bond acceptors (Lipinski definition) is 4. The summed E-state index contributed by atoms with van der Waals surface area (Å²) in [6.45, 7) is 0. The second-order valence-electron chi connectivity index (χ2n) is 2.75. The Balaban J connectivity index is 2.82. The lowest BCUT2D eigenvalue weighted by Gasteiger charge is -2.25. The van der Waals surface area contributed by atoms with E-state index in [4.69, 9.17) is 0 Å². The SMILES string of the molecule is O=C=NC1(N=C=O)CC[CH]CC1. The second kappa shape index (κ2) is 3.96. The van der Waals surface area contributed by atoms with Crippen molar-refractivity contribution in [2.75, 3.05) is 0 Å². The molecule has 1 fully saturated rings. The molecule has 0 aromatic carbocycles. The Morgan fingerprint density at radius 3 is 2.00 bits per heavy atom. The molecule has 0 saturated heterocycles. The van der Waals surface area contributed by atoms with E-state index >= 15 is 0 Å². The Kier molecular flexibility index (Phi) is 2.92. The van der Waals surface area contributed by atoms with E-state index in [0.717, 1.165) is 12.8 Å². The van der Waals surface area contributed by atoms with Crippen molar-refractivity contribution in [3.63, 3.8) is 0 Å². The van der Waals surface area contributed by atoms with Crippen molar-refractivity contribution in [3.8, 4) is 0 Å². The Morgan fingerprint density at radius 1 is 1.08 bits per heavy atom. The Labute approximate surface area is 70.4 Å². The first kappa shape index (κ1) is 8.85. The summed E-state index contributed by atoms with van der Waals surface area (Å²) < 4.78 is 0. The van der Waals surface area contributed by atoms with Gasteiger partial charge in [-0.1, -0.05) is 0 Å². The molecule has 4 nitrogen and oxygen atoms in total. The minimum Gasteiger partial charge on any atom is -0.211 e. The molecular weight excluding hydrogens is 156 g/mol. The first-order valence-electron chi connectivity index (χ1n) is 3.83. The molecular formula is C8H9N2O2. The van der Waals surface area contributed by atoms with Crippen LogP contribution >= 0.6 is 0 Å². The van der Waals surface area contributed by atoms with Crippen LogP contribution in [0, 0.1) is 6.42 Å². The molecule has 1 saturated carbocycles. The normalized spacial score (nSPS) is 20.3. The zero-order valence-electron chi connectivity index (χ0n) is 6.62. The molecule has 0 amide bonds. The van der Waals surface area contributed by atoms with Gasteiger partial charge in [-0.2, -0.15) is 9.98 Å². The van der Waals surface area contributed by atoms with E-state index < -0.39 is 5.66 Å². The summed E-state index contributed by atoms with van der Waals surface area (Å²) in [5.74, 6) is 0. The summed E-state index contributed by atoms with van der Waals surface area (Å²) in [6, 6.07) is 0. The number of isocyanates is 2. The fraction of sp³-hybridized carbons (Fsp3) is 0.625. The largest absolute Gasteiger partial charge is 0.237 e. The third kappa shape index (κ3) is 1.88. The summed E-state index contributed by atoms with van der Waals surface area (Å²) in [5.41, 5.74) is -0.849. The van der Waals surface area contributed by atoms with Crippen LogP contribution in [0.2, 0.25) is 0 Å². The van der Waals surface area contributed by atoms with Gasteiger partial charge in [-0.3, -0.25) is 0 Å². The van der Waals surface area contributed by atoms with Crippen LogP contribution in [0.3, 0.4) is 0 Å². The predicted molar refractivity (Wildman–Crippen MR) is 41.7 cm³/mol. The maximum atomic E-state index is 10.1. The van der Waals surface area contributed by atoms with Gasteiger partial charge in [0.05, 0.1) is 0 Å². The minimum absolute atomic E-state index is 0.609. The molecule has 0 N–H and O–H groups in total. The number of carbonyl (C=O) groups excluding carboxylic acids is 2. The molecule has 0 heterocycles. The lowest BCUT2D eigenvalue weighted by atomic mass is 9.90. The molecule has 63 valence electrons. The molecule has 0 aliphatic heterocycles. The number of aliphatic imine (C=N–C) groups is 2. The summed E-state index contributed by atoms with van der Waals surface area (Å²) in [7, 11) is 0. The van der Waals surface area contributed by atoms with Crippen molar-refractivity contribution >= 4 is 12.2 Å². The van der Waals surface area contributed by atoms with Crippen molar-refractivity contribution in [1.82, 2.24) is 0 Å². The van der Waals surface area contributed by atoms with E-state index in [-0.39, 0.29) is 0 Å². The van der Waals surface area contributed by atoms with Gasteiger partial charge in [0.25, 0.3) is 0 Å². The second-order valence-corrected chi connectivity index (χ2v) is 2.75. The topological polar surface area (TPSA) is 58.9 Å². The summed E-state index contributed by atoms with van der Waals surface area (Å²) in [4.78, 5) is 27.2. The fourth-order valence-corrected chi connectivity index (χ4v) is 1.35. The lowest BCUT2D eigenvalue weighted by molar-refractivity contribution is 0.345. The Bertz CT molecular complexity index is 224. The van der Waals surface area contributed by atoms with Crippen LogP contribution in [0.5, 0.6) is 0 Å². The van der Waals surface area contributed by atoms with Gasteiger partial charge in [0.2, 0.25) is 12.2 Å². The molecule has 0 aromatic rings. The van der Waals surface area contributed by atoms with Crippen LogP contribution in [-0.2, 0) is 9.59 Å². The number of nitrogens with zero attached hydrogens (tertiary/aromatic N) is 2. The zero-order chi connectivity index (χ0) is 8.86. The smallest absolute Gasteiger partial charge is 0.211 e. The lowest BCUT2D eigenvalue weighted by Crippen LogP contribution is -2.26. The number of rotatable bonds is 2. The van der Waals surface area contributed by atoms with Gasteiger partial charge in [0, 0.05) is 0 Å². The van der Waals surface area contributed by atoms with Gasteiger partial charge in [-0.05, 0) is 32.1 Å². The fourth-order valence-electron chi connectivity index (χ4n) is 1.35. The predicted octanol–water partition coefficient (Wildman–Crippen LogP) is 1.13. The van der Waals surface area contributed by atoms with Crippen LogP contribution in [0.4, 0.5) is 0 Å². The van der Waals surface area contributed by atoms with Crippen molar-refractivity contribution in [2.24, 2.45) is 9.98 Å². The monoisotopic (exact) mass is 165 g/mol. The van der Waals surface area contributed by atoms with Gasteiger partial charge >= 0.3 is 0 Å². The van der Waals surface area contributed by atoms with E-state index in [0.29, 0.717) is 12.8 Å². The molecule has 0 unspecified atom stereocenters. The zero-order valence-corrected chi connectivity index (χ0v) is 6.62. The Morgan fingerprint density at radius 2 is 1.58 bits per heavy atom. The third-order valence-corrected chi connectivity index (χ3v) is 2.01. The van der Waals surface area contributed by atoms with E-state index in [1.807, 2.05) is 0 Å². The van der Waals surface area contributed by atoms with E-state index in [1.165, 1.54) is 12.2 Å². The molecule has 1 aliphatic rings. The van der Waals surface area contributed by atoms with Crippen LogP contribution < -0.4 is 0 Å². The molecule has 1 radical (unpaired) electrons. The standard InChI is InChI=1S/C8H9N2O2/c11-6-9-8(10-7-12)4-2-1-3-5-8/h1H,2-5H2. The summed E-state index contributed by atoms with van der Waals surface area (Å²) in [5, 5.41) is 0. The Hall–Kier alpha value is -1.24. The molecule has 12 heavy (non-hydrogen) atoms. The van der Waals surface area contributed by atoms with Gasteiger partial charge in [-0.15, -0.1) is 0 Å². The van der Waals surface area contributed by atoms with Crippen LogP contribution in [0.1, 0.15) is 25.7 Å². The molecule has 0 bridgehead atoms. The van der Waals surface area contributed by atoms with Gasteiger partial charge in [0.1, 0.15) is 0 Å². The van der Waals surface area contributed by atoms with Crippen molar-refractivity contribution in [2.45, 2.75) is 31.3 Å². The highest BCUT2D eigenvalue weighted by molar-refractivity contribution is 5.39. The van der Waals surface area contributed by atoms with Crippen LogP contribution in [0.25, 0.3) is 0 Å². The van der Waals surface area contributed by atoms with Gasteiger partial charge in [-0.25, -0.2) is 9.59 Å². The van der Waals surface area contributed by atoms with Gasteiger partial charge in [0.15, 0.2) is 5.66 Å². The average molecular weight is 165 g/mol. The molecule has 0 atom stereocenters. The van der Waals surface area contributed by atoms with E-state index in [2.05, 4.69) is 16.4 Å². The van der Waals surface area contributed by atoms with Crippen LogP contribution in [0.15, 0.2) is 9.98 Å². The minimum atomic E-state index is -0.849. The quantitative estimate of drug-likeness (QED) is 0.455. The summed E-state index contributed by atoms with van der Waals surface area (Å²) >= 11 is 0. The maximum absolute atomic E-state index is 10.1. The average Bonchev–Trinajstić information content (AvgIpc) is 2.07. The van der Waals surface area contributed by atoms with Crippen molar-refractivity contribution < 1.29 is 9.59 Å². The summed E-state index contributed by atoms with van der Waals surface area (Å²) in [6.07, 6.45) is 7.88. The molecule has 0 aromatic heterocycles. The van der Waals surface area contributed by atoms with Crippen LogP contribution in [-0.4, -0.2) is 17.8 Å². The molecule has 1 rings (SSSR count).